The number of hydrogen-bond acceptors (Lipinski definition) is 6. The summed E-state index contributed by atoms with van der Waals surface area (Å²) < 4.78 is 29.3. The van der Waals surface area contributed by atoms with Crippen molar-refractivity contribution in [2.45, 2.75) is 64.0 Å². The molecule has 138 valence electrons. The molecule has 0 spiro atoms. The molecule has 25 heavy (non-hydrogen) atoms. The topological polar surface area (TPSA) is 63.2 Å². The lowest BCUT2D eigenvalue weighted by atomic mass is 10.1. The van der Waals surface area contributed by atoms with Gasteiger partial charge in [0.15, 0.2) is 12.4 Å². The fourth-order valence-corrected chi connectivity index (χ4v) is 3.31. The third kappa shape index (κ3) is 4.03. The predicted molar refractivity (Wildman–Crippen MR) is 89.7 cm³/mol. The van der Waals surface area contributed by atoms with Crippen LogP contribution in [0.25, 0.3) is 0 Å². The second-order valence-corrected chi connectivity index (χ2v) is 6.59. The minimum absolute atomic E-state index is 0.347. The molecule has 0 radical (unpaired) electrons. The lowest BCUT2D eigenvalue weighted by Crippen LogP contribution is -2.43. The standard InChI is InChI=1S/C19H26O6/c1-4-5-11-21-12-15-16-17(19(3,25-15)24-13(2)20)23-18(22-16)14-9-7-6-8-10-14/h6-10,15-18H,4-5,11-12H2,1-3H3/t15-,16-,17-,18?,19?/m1/s1. The number of ether oxygens (including phenoxy) is 5. The number of hydrogen-bond donors (Lipinski definition) is 0. The summed E-state index contributed by atoms with van der Waals surface area (Å²) in [6.45, 7) is 6.24. The number of benzene rings is 1. The maximum absolute atomic E-state index is 11.5. The van der Waals surface area contributed by atoms with Crippen LogP contribution >= 0.6 is 0 Å². The van der Waals surface area contributed by atoms with Crippen LogP contribution in [0.15, 0.2) is 30.3 Å². The van der Waals surface area contributed by atoms with Crippen LogP contribution in [0.3, 0.4) is 0 Å². The Morgan fingerprint density at radius 1 is 1.24 bits per heavy atom. The second kappa shape index (κ2) is 7.83. The van der Waals surface area contributed by atoms with Crippen molar-refractivity contribution in [3.63, 3.8) is 0 Å². The summed E-state index contributed by atoms with van der Waals surface area (Å²) in [5.74, 6) is -1.60. The molecular formula is C19H26O6. The molecule has 2 aliphatic rings. The Kier molecular flexibility index (Phi) is 5.74. The van der Waals surface area contributed by atoms with Crippen LogP contribution in [0.1, 0.15) is 45.5 Å². The molecule has 0 bridgehead atoms. The summed E-state index contributed by atoms with van der Waals surface area (Å²) in [6, 6.07) is 9.70. The summed E-state index contributed by atoms with van der Waals surface area (Å²) in [7, 11) is 0. The van der Waals surface area contributed by atoms with Gasteiger partial charge >= 0.3 is 5.97 Å². The average Bonchev–Trinajstić information content (AvgIpc) is 3.12. The van der Waals surface area contributed by atoms with Gasteiger partial charge in [-0.1, -0.05) is 43.7 Å². The van der Waals surface area contributed by atoms with Crippen LogP contribution in [0.2, 0.25) is 0 Å². The molecule has 5 atom stereocenters. The van der Waals surface area contributed by atoms with Gasteiger partial charge in [0, 0.05) is 26.0 Å². The van der Waals surface area contributed by atoms with E-state index in [2.05, 4.69) is 6.92 Å². The molecule has 6 heteroatoms. The molecule has 2 aliphatic heterocycles. The van der Waals surface area contributed by atoms with Crippen molar-refractivity contribution in [2.75, 3.05) is 13.2 Å². The van der Waals surface area contributed by atoms with E-state index >= 15 is 0 Å². The van der Waals surface area contributed by atoms with Crippen LogP contribution in [0.5, 0.6) is 0 Å². The number of carbonyl (C=O) groups is 1. The van der Waals surface area contributed by atoms with E-state index in [9.17, 15) is 4.79 Å². The van der Waals surface area contributed by atoms with Gasteiger partial charge in [-0.3, -0.25) is 4.79 Å². The third-order valence-corrected chi connectivity index (χ3v) is 4.46. The van der Waals surface area contributed by atoms with Gasteiger partial charge in [0.25, 0.3) is 0 Å². The maximum atomic E-state index is 11.5. The lowest BCUT2D eigenvalue weighted by molar-refractivity contribution is -0.263. The molecule has 2 unspecified atom stereocenters. The van der Waals surface area contributed by atoms with E-state index in [-0.39, 0.29) is 12.2 Å². The molecule has 0 saturated carbocycles. The van der Waals surface area contributed by atoms with Gasteiger partial charge < -0.3 is 23.7 Å². The minimum Gasteiger partial charge on any atom is -0.431 e. The first-order chi connectivity index (χ1) is 12.0. The Bertz CT molecular complexity index is 577. The first-order valence-electron chi connectivity index (χ1n) is 8.84. The van der Waals surface area contributed by atoms with Crippen molar-refractivity contribution in [2.24, 2.45) is 0 Å². The average molecular weight is 350 g/mol. The van der Waals surface area contributed by atoms with Crippen LogP contribution in [0, 0.1) is 0 Å². The number of carbonyl (C=O) groups excluding carboxylic acids is 1. The van der Waals surface area contributed by atoms with E-state index in [1.54, 1.807) is 6.92 Å². The van der Waals surface area contributed by atoms with E-state index in [1.165, 1.54) is 6.92 Å². The fraction of sp³-hybridized carbons (Fsp3) is 0.632. The maximum Gasteiger partial charge on any atom is 0.305 e. The van der Waals surface area contributed by atoms with Gasteiger partial charge in [-0.15, -0.1) is 0 Å². The van der Waals surface area contributed by atoms with Gasteiger partial charge in [0.1, 0.15) is 12.2 Å². The SMILES string of the molecule is CCCCOC[C@H]1OC(C)(OC(C)=O)[C@@H]2OC(c3ccccc3)O[C@@H]21. The van der Waals surface area contributed by atoms with Gasteiger partial charge in [-0.05, 0) is 6.42 Å². The van der Waals surface area contributed by atoms with Crippen molar-refractivity contribution in [1.29, 1.82) is 0 Å². The highest BCUT2D eigenvalue weighted by Crippen LogP contribution is 2.45. The first-order valence-corrected chi connectivity index (χ1v) is 8.84. The quantitative estimate of drug-likeness (QED) is 0.556. The summed E-state index contributed by atoms with van der Waals surface area (Å²) >= 11 is 0. The normalized spacial score (nSPS) is 34.0. The molecule has 1 aromatic carbocycles. The molecule has 2 saturated heterocycles. The Morgan fingerprint density at radius 3 is 2.68 bits per heavy atom. The molecule has 1 aromatic rings. The van der Waals surface area contributed by atoms with Crippen LogP contribution < -0.4 is 0 Å². The zero-order valence-corrected chi connectivity index (χ0v) is 15.0. The summed E-state index contributed by atoms with van der Waals surface area (Å²) in [4.78, 5) is 11.5. The van der Waals surface area contributed by atoms with Crippen LogP contribution in [0.4, 0.5) is 0 Å². The molecular weight excluding hydrogens is 324 g/mol. The molecule has 0 aromatic heterocycles. The van der Waals surface area contributed by atoms with Gasteiger partial charge in [0.2, 0.25) is 5.79 Å². The zero-order valence-electron chi connectivity index (χ0n) is 15.0. The predicted octanol–water partition coefficient (Wildman–Crippen LogP) is 2.96. The highest BCUT2D eigenvalue weighted by atomic mass is 16.8. The largest absolute Gasteiger partial charge is 0.431 e. The fourth-order valence-electron chi connectivity index (χ4n) is 3.31. The van der Waals surface area contributed by atoms with E-state index in [4.69, 9.17) is 23.7 Å². The van der Waals surface area contributed by atoms with Crippen LogP contribution in [-0.4, -0.2) is 43.3 Å². The summed E-state index contributed by atoms with van der Waals surface area (Å²) in [5.41, 5.74) is 0.924. The highest BCUT2D eigenvalue weighted by Gasteiger charge is 2.61. The van der Waals surface area contributed by atoms with Crippen molar-refractivity contribution >= 4 is 5.97 Å². The van der Waals surface area contributed by atoms with Crippen molar-refractivity contribution in [3.8, 4) is 0 Å². The van der Waals surface area contributed by atoms with Crippen molar-refractivity contribution in [1.82, 2.24) is 0 Å². The van der Waals surface area contributed by atoms with Gasteiger partial charge in [-0.25, -0.2) is 0 Å². The van der Waals surface area contributed by atoms with Crippen molar-refractivity contribution < 1.29 is 28.5 Å². The second-order valence-electron chi connectivity index (χ2n) is 6.59. The minimum atomic E-state index is -1.18. The summed E-state index contributed by atoms with van der Waals surface area (Å²) in [5, 5.41) is 0. The lowest BCUT2D eigenvalue weighted by Gasteiger charge is -2.29. The van der Waals surface area contributed by atoms with E-state index in [0.717, 1.165) is 18.4 Å². The van der Waals surface area contributed by atoms with Gasteiger partial charge in [-0.2, -0.15) is 0 Å². The monoisotopic (exact) mass is 350 g/mol. The number of unbranched alkanes of at least 4 members (excludes halogenated alkanes) is 1. The number of esters is 1. The molecule has 0 N–H and O–H groups in total. The molecule has 3 rings (SSSR count). The highest BCUT2D eigenvalue weighted by molar-refractivity contribution is 5.66. The molecule has 2 fully saturated rings. The Balaban J connectivity index is 1.73. The number of rotatable bonds is 7. The molecule has 6 nitrogen and oxygen atoms in total. The molecule has 2 heterocycles. The van der Waals surface area contributed by atoms with Crippen molar-refractivity contribution in [3.05, 3.63) is 35.9 Å². The first kappa shape index (κ1) is 18.3. The van der Waals surface area contributed by atoms with E-state index < -0.39 is 24.2 Å². The Labute approximate surface area is 148 Å². The molecule has 0 aliphatic carbocycles. The number of fused-ring (bicyclic) bond motifs is 1. The Morgan fingerprint density at radius 2 is 2.00 bits per heavy atom. The van der Waals surface area contributed by atoms with Crippen LogP contribution in [-0.2, 0) is 28.5 Å². The van der Waals surface area contributed by atoms with Gasteiger partial charge in [0.05, 0.1) is 6.61 Å². The van der Waals surface area contributed by atoms with E-state index in [0.29, 0.717) is 13.2 Å². The van der Waals surface area contributed by atoms with E-state index in [1.807, 2.05) is 30.3 Å². The molecule has 0 amide bonds. The Hall–Kier alpha value is -1.47. The summed E-state index contributed by atoms with van der Waals surface area (Å²) in [6.07, 6.45) is 0.357. The zero-order chi connectivity index (χ0) is 17.9. The smallest absolute Gasteiger partial charge is 0.305 e. The third-order valence-electron chi connectivity index (χ3n) is 4.46.